The molecule has 0 aliphatic carbocycles. The fraction of sp³-hybridized carbons (Fsp3) is 0.280. The molecule has 0 unspecified atom stereocenters. The Kier molecular flexibility index (Phi) is 6.37. The minimum absolute atomic E-state index is 0.185. The summed E-state index contributed by atoms with van der Waals surface area (Å²) in [5, 5.41) is 13.7. The Balaban J connectivity index is 1.35. The number of nitrogens with zero attached hydrogens (tertiary/aromatic N) is 2. The molecule has 172 valence electrons. The Labute approximate surface area is 189 Å². The lowest BCUT2D eigenvalue weighted by atomic mass is 9.85. The highest BCUT2D eigenvalue weighted by atomic mass is 19.4. The van der Waals surface area contributed by atoms with Gasteiger partial charge in [0.1, 0.15) is 5.82 Å². The zero-order valence-corrected chi connectivity index (χ0v) is 17.8. The molecule has 1 aliphatic heterocycles. The van der Waals surface area contributed by atoms with Gasteiger partial charge in [-0.2, -0.15) is 13.2 Å². The predicted molar refractivity (Wildman–Crippen MR) is 119 cm³/mol. The summed E-state index contributed by atoms with van der Waals surface area (Å²) in [5.74, 6) is 0.150. The van der Waals surface area contributed by atoms with E-state index in [1.807, 2.05) is 30.3 Å². The summed E-state index contributed by atoms with van der Waals surface area (Å²) < 4.78 is 38.6. The minimum Gasteiger partial charge on any atom is -0.389 e. The highest BCUT2D eigenvalue weighted by Gasteiger charge is 2.34. The fourth-order valence-corrected chi connectivity index (χ4v) is 3.98. The molecule has 4 rings (SSSR count). The number of aromatic nitrogens is 1. The number of alkyl halides is 3. The van der Waals surface area contributed by atoms with Gasteiger partial charge in [0.25, 0.3) is 5.91 Å². The van der Waals surface area contributed by atoms with Crippen LogP contribution in [0.3, 0.4) is 0 Å². The molecular weight excluding hydrogens is 431 g/mol. The molecule has 1 amide bonds. The summed E-state index contributed by atoms with van der Waals surface area (Å²) in [4.78, 5) is 18.7. The maximum Gasteiger partial charge on any atom is 0.416 e. The van der Waals surface area contributed by atoms with Crippen LogP contribution in [-0.4, -0.2) is 39.6 Å². The number of amides is 1. The second-order valence-corrected chi connectivity index (χ2v) is 8.31. The van der Waals surface area contributed by atoms with Crippen LogP contribution in [0.1, 0.15) is 34.3 Å². The van der Waals surface area contributed by atoms with Crippen molar-refractivity contribution < 1.29 is 23.1 Å². The fourth-order valence-electron chi connectivity index (χ4n) is 3.98. The lowest BCUT2D eigenvalue weighted by Gasteiger charge is -2.38. The largest absolute Gasteiger partial charge is 0.416 e. The number of rotatable bonds is 5. The van der Waals surface area contributed by atoms with Crippen LogP contribution in [-0.2, 0) is 12.6 Å². The topological polar surface area (TPSA) is 65.5 Å². The average molecular weight is 455 g/mol. The Morgan fingerprint density at radius 3 is 2.39 bits per heavy atom. The number of carbonyl (C=O) groups is 1. The summed E-state index contributed by atoms with van der Waals surface area (Å²) in [7, 11) is 0. The van der Waals surface area contributed by atoms with Crippen LogP contribution in [0, 0.1) is 0 Å². The Morgan fingerprint density at radius 1 is 1.03 bits per heavy atom. The number of hydrogen-bond donors (Lipinski definition) is 2. The third-order valence-electron chi connectivity index (χ3n) is 5.83. The van der Waals surface area contributed by atoms with Gasteiger partial charge in [-0.1, -0.05) is 36.4 Å². The standard InChI is InChI=1S/C25H24F3N3O2/c26-25(27,28)20-7-4-8-21(15-20)30-22-10-9-19(17-29-22)23(32)31-13-11-24(33,12-14-31)16-18-5-2-1-3-6-18/h1-10,15,17,33H,11-14,16H2,(H,29,30). The van der Waals surface area contributed by atoms with Crippen LogP contribution in [0.4, 0.5) is 24.7 Å². The predicted octanol–water partition coefficient (Wildman–Crippen LogP) is 5.05. The molecule has 2 N–H and O–H groups in total. The van der Waals surface area contributed by atoms with Gasteiger partial charge >= 0.3 is 6.18 Å². The maximum absolute atomic E-state index is 12.9. The summed E-state index contributed by atoms with van der Waals surface area (Å²) in [6.45, 7) is 0.874. The van der Waals surface area contributed by atoms with E-state index in [4.69, 9.17) is 0 Å². The molecule has 3 aromatic rings. The second-order valence-electron chi connectivity index (χ2n) is 8.31. The van der Waals surface area contributed by atoms with Gasteiger partial charge in [-0.05, 0) is 48.7 Å². The molecule has 5 nitrogen and oxygen atoms in total. The van der Waals surface area contributed by atoms with Crippen molar-refractivity contribution >= 4 is 17.4 Å². The van der Waals surface area contributed by atoms with Crippen LogP contribution in [0.2, 0.25) is 0 Å². The van der Waals surface area contributed by atoms with E-state index in [1.165, 1.54) is 18.3 Å². The summed E-state index contributed by atoms with van der Waals surface area (Å²) in [6.07, 6.45) is -1.51. The lowest BCUT2D eigenvalue weighted by molar-refractivity contribution is -0.137. The van der Waals surface area contributed by atoms with Gasteiger partial charge in [-0.25, -0.2) is 4.98 Å². The first-order valence-electron chi connectivity index (χ1n) is 10.7. The van der Waals surface area contributed by atoms with E-state index in [1.54, 1.807) is 17.0 Å². The highest BCUT2D eigenvalue weighted by Crippen LogP contribution is 2.31. The first-order valence-corrected chi connectivity index (χ1v) is 10.7. The number of aliphatic hydroxyl groups is 1. The van der Waals surface area contributed by atoms with Crippen LogP contribution in [0.5, 0.6) is 0 Å². The molecule has 1 fully saturated rings. The van der Waals surface area contributed by atoms with Crippen molar-refractivity contribution in [1.29, 1.82) is 0 Å². The highest BCUT2D eigenvalue weighted by molar-refractivity contribution is 5.94. The number of hydrogen-bond acceptors (Lipinski definition) is 4. The third kappa shape index (κ3) is 5.70. The van der Waals surface area contributed by atoms with E-state index >= 15 is 0 Å². The van der Waals surface area contributed by atoms with Crippen molar-refractivity contribution in [1.82, 2.24) is 9.88 Å². The molecule has 8 heteroatoms. The average Bonchev–Trinajstić information content (AvgIpc) is 2.80. The number of likely N-dealkylation sites (tertiary alicyclic amines) is 1. The van der Waals surface area contributed by atoms with Crippen LogP contribution in [0.25, 0.3) is 0 Å². The van der Waals surface area contributed by atoms with Crippen LogP contribution < -0.4 is 5.32 Å². The normalized spacial score (nSPS) is 15.8. The number of nitrogens with one attached hydrogen (secondary N) is 1. The molecule has 1 aromatic heterocycles. The molecule has 0 bridgehead atoms. The SMILES string of the molecule is O=C(c1ccc(Nc2cccc(C(F)(F)F)c2)nc1)N1CCC(O)(Cc2ccccc2)CC1. The van der Waals surface area contributed by atoms with Crippen molar-refractivity contribution in [2.75, 3.05) is 18.4 Å². The van der Waals surface area contributed by atoms with E-state index in [0.29, 0.717) is 43.7 Å². The van der Waals surface area contributed by atoms with Crippen molar-refractivity contribution in [3.8, 4) is 0 Å². The lowest BCUT2D eigenvalue weighted by Crippen LogP contribution is -2.47. The molecule has 2 aromatic carbocycles. The zero-order chi connectivity index (χ0) is 23.5. The van der Waals surface area contributed by atoms with Gasteiger partial charge in [0.15, 0.2) is 0 Å². The van der Waals surface area contributed by atoms with Crippen LogP contribution >= 0.6 is 0 Å². The second kappa shape index (κ2) is 9.23. The first-order chi connectivity index (χ1) is 15.7. The molecule has 0 atom stereocenters. The summed E-state index contributed by atoms with van der Waals surface area (Å²) >= 11 is 0. The van der Waals surface area contributed by atoms with Gasteiger partial charge in [-0.3, -0.25) is 4.79 Å². The number of benzene rings is 2. The molecule has 1 saturated heterocycles. The number of carbonyl (C=O) groups excluding carboxylic acids is 1. The smallest absolute Gasteiger partial charge is 0.389 e. The van der Waals surface area contributed by atoms with Gasteiger partial charge < -0.3 is 15.3 Å². The summed E-state index contributed by atoms with van der Waals surface area (Å²) in [6, 6.07) is 17.8. The summed E-state index contributed by atoms with van der Waals surface area (Å²) in [5.41, 5.74) is 0.113. The number of anilines is 2. The molecule has 0 radical (unpaired) electrons. The van der Waals surface area contributed by atoms with Gasteiger partial charge in [-0.15, -0.1) is 0 Å². The van der Waals surface area contributed by atoms with E-state index in [2.05, 4.69) is 10.3 Å². The minimum atomic E-state index is -4.43. The monoisotopic (exact) mass is 455 g/mol. The van der Waals surface area contributed by atoms with Gasteiger partial charge in [0, 0.05) is 31.4 Å². The molecule has 1 aliphatic rings. The van der Waals surface area contributed by atoms with E-state index in [-0.39, 0.29) is 11.6 Å². The number of halogens is 3. The van der Waals surface area contributed by atoms with E-state index < -0.39 is 17.3 Å². The molecular formula is C25H24F3N3O2. The third-order valence-corrected chi connectivity index (χ3v) is 5.83. The van der Waals surface area contributed by atoms with Crippen molar-refractivity contribution in [2.45, 2.75) is 31.0 Å². The first kappa shape index (κ1) is 22.8. The number of pyridine rings is 1. The zero-order valence-electron chi connectivity index (χ0n) is 17.8. The number of piperidine rings is 1. The molecule has 0 saturated carbocycles. The van der Waals surface area contributed by atoms with E-state index in [9.17, 15) is 23.1 Å². The maximum atomic E-state index is 12.9. The van der Waals surface area contributed by atoms with Crippen molar-refractivity contribution in [3.63, 3.8) is 0 Å². The molecule has 33 heavy (non-hydrogen) atoms. The van der Waals surface area contributed by atoms with E-state index in [0.717, 1.165) is 17.7 Å². The Morgan fingerprint density at radius 2 is 1.76 bits per heavy atom. The van der Waals surface area contributed by atoms with Gasteiger partial charge in [0.05, 0.1) is 16.7 Å². The quantitative estimate of drug-likeness (QED) is 0.565. The van der Waals surface area contributed by atoms with Gasteiger partial charge in [0.2, 0.25) is 0 Å². The van der Waals surface area contributed by atoms with Crippen molar-refractivity contribution in [3.05, 3.63) is 89.6 Å². The van der Waals surface area contributed by atoms with Crippen molar-refractivity contribution in [2.24, 2.45) is 0 Å². The Bertz CT molecular complexity index is 1090. The molecule has 0 spiro atoms. The van der Waals surface area contributed by atoms with Crippen LogP contribution in [0.15, 0.2) is 72.9 Å². The molecule has 2 heterocycles. The Hall–Kier alpha value is -3.39.